The molecule has 1 N–H and O–H groups in total. The van der Waals surface area contributed by atoms with E-state index in [-0.39, 0.29) is 6.03 Å². The van der Waals surface area contributed by atoms with E-state index < -0.39 is 0 Å². The third-order valence-corrected chi connectivity index (χ3v) is 3.50. The van der Waals surface area contributed by atoms with Crippen LogP contribution in [0.1, 0.15) is 19.3 Å². The molecular formula is C13H22N4O2. The van der Waals surface area contributed by atoms with E-state index in [0.29, 0.717) is 24.9 Å². The highest BCUT2D eigenvalue weighted by Crippen LogP contribution is 2.26. The molecule has 1 aliphatic rings. The number of nitrogens with one attached hydrogen (secondary N) is 1. The number of carbonyl (C=O) groups excluding carboxylic acids is 1. The molecular weight excluding hydrogens is 244 g/mol. The number of hydrogen-bond donors (Lipinski definition) is 1. The first-order chi connectivity index (χ1) is 9.19. The summed E-state index contributed by atoms with van der Waals surface area (Å²) in [5.74, 6) is 1.26. The van der Waals surface area contributed by atoms with E-state index in [1.165, 1.54) is 19.3 Å². The molecule has 1 heterocycles. The van der Waals surface area contributed by atoms with Gasteiger partial charge in [-0.1, -0.05) is 6.42 Å². The van der Waals surface area contributed by atoms with Crippen LogP contribution in [0, 0.1) is 5.92 Å². The minimum absolute atomic E-state index is 0.0936. The van der Waals surface area contributed by atoms with E-state index in [4.69, 9.17) is 4.74 Å². The Morgan fingerprint density at radius 1 is 1.63 bits per heavy atom. The second-order valence-electron chi connectivity index (χ2n) is 5.06. The van der Waals surface area contributed by atoms with E-state index in [0.717, 1.165) is 6.54 Å². The Hall–Kier alpha value is -1.56. The normalized spacial score (nSPS) is 15.1. The molecule has 6 nitrogen and oxygen atoms in total. The van der Waals surface area contributed by atoms with Crippen LogP contribution >= 0.6 is 0 Å². The van der Waals surface area contributed by atoms with Gasteiger partial charge in [0.15, 0.2) is 5.82 Å². The molecule has 0 aliphatic heterocycles. The summed E-state index contributed by atoms with van der Waals surface area (Å²) in [7, 11) is 3.48. The highest BCUT2D eigenvalue weighted by Gasteiger charge is 2.21. The Kier molecular flexibility index (Phi) is 4.79. The lowest BCUT2D eigenvalue weighted by Gasteiger charge is -2.29. The zero-order chi connectivity index (χ0) is 13.7. The summed E-state index contributed by atoms with van der Waals surface area (Å²) in [6, 6.07) is 1.70. The number of urea groups is 1. The molecule has 0 bridgehead atoms. The maximum absolute atomic E-state index is 12.0. The summed E-state index contributed by atoms with van der Waals surface area (Å²) < 4.78 is 6.74. The molecule has 1 fully saturated rings. The highest BCUT2D eigenvalue weighted by molar-refractivity contribution is 5.88. The number of rotatable bonds is 6. The number of hydrogen-bond acceptors (Lipinski definition) is 3. The molecule has 0 unspecified atom stereocenters. The topological polar surface area (TPSA) is 59.4 Å². The largest absolute Gasteiger partial charge is 0.383 e. The summed E-state index contributed by atoms with van der Waals surface area (Å²) in [6.45, 7) is 2.12. The summed E-state index contributed by atoms with van der Waals surface area (Å²) in [5.41, 5.74) is 0. The number of amides is 2. The van der Waals surface area contributed by atoms with Crippen molar-refractivity contribution in [2.45, 2.75) is 25.8 Å². The standard InChI is InChI=1S/C13H22N4O2/c1-16(10-11-4-3-5-11)13(18)14-12-6-7-17(15-12)8-9-19-2/h6-7,11H,3-5,8-10H2,1-2H3,(H,14,15,18). The first-order valence-electron chi connectivity index (χ1n) is 6.73. The third kappa shape index (κ3) is 3.96. The monoisotopic (exact) mass is 266 g/mol. The first kappa shape index (κ1) is 13.9. The summed E-state index contributed by atoms with van der Waals surface area (Å²) in [4.78, 5) is 13.7. The number of carbonyl (C=O) groups is 1. The van der Waals surface area contributed by atoms with Gasteiger partial charge in [0.05, 0.1) is 13.2 Å². The molecule has 0 spiro atoms. The lowest BCUT2D eigenvalue weighted by atomic mass is 9.85. The number of nitrogens with zero attached hydrogens (tertiary/aromatic N) is 3. The van der Waals surface area contributed by atoms with Crippen LogP contribution in [0.4, 0.5) is 10.6 Å². The predicted molar refractivity (Wildman–Crippen MR) is 73.1 cm³/mol. The number of ether oxygens (including phenoxy) is 1. The van der Waals surface area contributed by atoms with Crippen molar-refractivity contribution in [3.8, 4) is 0 Å². The van der Waals surface area contributed by atoms with Crippen LogP contribution in [-0.4, -0.2) is 48.0 Å². The van der Waals surface area contributed by atoms with Crippen LogP contribution in [0.25, 0.3) is 0 Å². The van der Waals surface area contributed by atoms with Crippen LogP contribution in [0.15, 0.2) is 12.3 Å². The second-order valence-corrected chi connectivity index (χ2v) is 5.06. The lowest BCUT2D eigenvalue weighted by Crippen LogP contribution is -2.37. The molecule has 2 rings (SSSR count). The van der Waals surface area contributed by atoms with E-state index in [2.05, 4.69) is 10.4 Å². The van der Waals surface area contributed by atoms with Gasteiger partial charge in [-0.2, -0.15) is 5.10 Å². The fraction of sp³-hybridized carbons (Fsp3) is 0.692. The van der Waals surface area contributed by atoms with Crippen LogP contribution in [0.5, 0.6) is 0 Å². The van der Waals surface area contributed by atoms with Crippen molar-refractivity contribution in [1.82, 2.24) is 14.7 Å². The maximum Gasteiger partial charge on any atom is 0.322 e. The molecule has 1 aromatic rings. The van der Waals surface area contributed by atoms with Crippen molar-refractivity contribution >= 4 is 11.8 Å². The molecule has 1 aromatic heterocycles. The number of methoxy groups -OCH3 is 1. The van der Waals surface area contributed by atoms with Crippen molar-refractivity contribution in [3.05, 3.63) is 12.3 Å². The van der Waals surface area contributed by atoms with Crippen molar-refractivity contribution in [2.75, 3.05) is 32.6 Å². The molecule has 0 radical (unpaired) electrons. The zero-order valence-electron chi connectivity index (χ0n) is 11.6. The third-order valence-electron chi connectivity index (χ3n) is 3.50. The van der Waals surface area contributed by atoms with Crippen LogP contribution in [-0.2, 0) is 11.3 Å². The lowest BCUT2D eigenvalue weighted by molar-refractivity contribution is 0.183. The minimum atomic E-state index is -0.0936. The van der Waals surface area contributed by atoms with Crippen LogP contribution in [0.3, 0.4) is 0 Å². The summed E-state index contributed by atoms with van der Waals surface area (Å²) in [5, 5.41) is 7.07. The highest BCUT2D eigenvalue weighted by atomic mass is 16.5. The van der Waals surface area contributed by atoms with Gasteiger partial charge in [0.25, 0.3) is 0 Å². The van der Waals surface area contributed by atoms with Gasteiger partial charge in [-0.25, -0.2) is 4.79 Å². The van der Waals surface area contributed by atoms with Gasteiger partial charge in [0.2, 0.25) is 0 Å². The van der Waals surface area contributed by atoms with Gasteiger partial charge >= 0.3 is 6.03 Å². The predicted octanol–water partition coefficient (Wildman–Crippen LogP) is 1.79. The van der Waals surface area contributed by atoms with E-state index in [1.54, 1.807) is 22.8 Å². The molecule has 0 aromatic carbocycles. The molecule has 1 saturated carbocycles. The van der Waals surface area contributed by atoms with Gasteiger partial charge in [0.1, 0.15) is 0 Å². The molecule has 19 heavy (non-hydrogen) atoms. The molecule has 6 heteroatoms. The van der Waals surface area contributed by atoms with Gasteiger partial charge < -0.3 is 9.64 Å². The van der Waals surface area contributed by atoms with Gasteiger partial charge in [0, 0.05) is 33.0 Å². The average molecular weight is 266 g/mol. The Morgan fingerprint density at radius 3 is 3.05 bits per heavy atom. The number of aromatic nitrogens is 2. The second kappa shape index (κ2) is 6.56. The van der Waals surface area contributed by atoms with Crippen LogP contribution < -0.4 is 5.32 Å². The van der Waals surface area contributed by atoms with E-state index in [1.807, 2.05) is 13.2 Å². The van der Waals surface area contributed by atoms with Crippen molar-refractivity contribution in [3.63, 3.8) is 0 Å². The minimum Gasteiger partial charge on any atom is -0.383 e. The smallest absolute Gasteiger partial charge is 0.322 e. The van der Waals surface area contributed by atoms with Crippen LogP contribution in [0.2, 0.25) is 0 Å². The van der Waals surface area contributed by atoms with Gasteiger partial charge in [-0.05, 0) is 18.8 Å². The molecule has 106 valence electrons. The van der Waals surface area contributed by atoms with E-state index >= 15 is 0 Å². The van der Waals surface area contributed by atoms with Crippen molar-refractivity contribution < 1.29 is 9.53 Å². The maximum atomic E-state index is 12.0. The Bertz CT molecular complexity index is 415. The average Bonchev–Trinajstić information content (AvgIpc) is 2.78. The molecule has 0 saturated heterocycles. The van der Waals surface area contributed by atoms with E-state index in [9.17, 15) is 4.79 Å². The summed E-state index contributed by atoms with van der Waals surface area (Å²) in [6.07, 6.45) is 5.61. The van der Waals surface area contributed by atoms with Crippen molar-refractivity contribution in [1.29, 1.82) is 0 Å². The first-order valence-corrected chi connectivity index (χ1v) is 6.73. The quantitative estimate of drug-likeness (QED) is 0.854. The fourth-order valence-electron chi connectivity index (χ4n) is 2.09. The van der Waals surface area contributed by atoms with Gasteiger partial charge in [-0.3, -0.25) is 10.00 Å². The fourth-order valence-corrected chi connectivity index (χ4v) is 2.09. The number of anilines is 1. The summed E-state index contributed by atoms with van der Waals surface area (Å²) >= 11 is 0. The van der Waals surface area contributed by atoms with Crippen molar-refractivity contribution in [2.24, 2.45) is 5.92 Å². The molecule has 0 atom stereocenters. The Morgan fingerprint density at radius 2 is 2.42 bits per heavy atom. The molecule has 2 amide bonds. The van der Waals surface area contributed by atoms with Gasteiger partial charge in [-0.15, -0.1) is 0 Å². The zero-order valence-corrected chi connectivity index (χ0v) is 11.6. The molecule has 1 aliphatic carbocycles. The Labute approximate surface area is 113 Å². The SMILES string of the molecule is COCCn1ccc(NC(=O)N(C)CC2CCC2)n1. The Balaban J connectivity index is 1.78.